The summed E-state index contributed by atoms with van der Waals surface area (Å²) in [6.07, 6.45) is -4.67. The molecule has 1 fully saturated rings. The van der Waals surface area contributed by atoms with Crippen molar-refractivity contribution in [3.8, 4) is 5.75 Å². The van der Waals surface area contributed by atoms with E-state index in [9.17, 15) is 22.8 Å². The number of alkyl halides is 3. The molecular weight excluding hydrogens is 387 g/mol. The van der Waals surface area contributed by atoms with E-state index in [0.29, 0.717) is 17.3 Å². The lowest BCUT2D eigenvalue weighted by Gasteiger charge is -2.19. The Morgan fingerprint density at radius 3 is 2.62 bits per heavy atom. The standard InChI is InChI=1S/C20H28F3N3O3/c1-3-25(4-2)9-10-29-17-8-6-5-7-15(17)12-24-19(28)16-11-18(27)26(13-16)14-20(21,22)23/h5-8,16H,3-4,9-14H2,1-2H3,(H,24,28). The van der Waals surface area contributed by atoms with Crippen LogP contribution in [0.5, 0.6) is 5.75 Å². The first-order valence-corrected chi connectivity index (χ1v) is 9.78. The molecule has 2 amide bonds. The maximum atomic E-state index is 12.5. The fourth-order valence-corrected chi connectivity index (χ4v) is 3.26. The van der Waals surface area contributed by atoms with E-state index in [1.165, 1.54) is 0 Å². The van der Waals surface area contributed by atoms with Gasteiger partial charge in [0.25, 0.3) is 0 Å². The second-order valence-corrected chi connectivity index (χ2v) is 6.99. The lowest BCUT2D eigenvalue weighted by molar-refractivity contribution is -0.157. The number of para-hydroxylation sites is 1. The monoisotopic (exact) mass is 415 g/mol. The van der Waals surface area contributed by atoms with Crippen LogP contribution in [0.4, 0.5) is 13.2 Å². The van der Waals surface area contributed by atoms with Crippen LogP contribution in [0.1, 0.15) is 25.8 Å². The number of hydrogen-bond acceptors (Lipinski definition) is 4. The Hall–Kier alpha value is -2.29. The zero-order valence-electron chi connectivity index (χ0n) is 16.8. The Morgan fingerprint density at radius 2 is 1.97 bits per heavy atom. The SMILES string of the molecule is CCN(CC)CCOc1ccccc1CNC(=O)C1CC(=O)N(CC(F)(F)F)C1. The predicted octanol–water partition coefficient (Wildman–Crippen LogP) is 2.43. The van der Waals surface area contributed by atoms with Gasteiger partial charge in [0.05, 0.1) is 5.92 Å². The van der Waals surface area contributed by atoms with Crippen LogP contribution in [0.25, 0.3) is 0 Å². The molecule has 1 heterocycles. The summed E-state index contributed by atoms with van der Waals surface area (Å²) in [6.45, 7) is 5.97. The van der Waals surface area contributed by atoms with Crippen LogP contribution in [0.15, 0.2) is 24.3 Å². The van der Waals surface area contributed by atoms with Gasteiger partial charge in [0, 0.05) is 31.6 Å². The molecule has 29 heavy (non-hydrogen) atoms. The first-order valence-electron chi connectivity index (χ1n) is 9.78. The zero-order chi connectivity index (χ0) is 21.4. The second-order valence-electron chi connectivity index (χ2n) is 6.99. The molecule has 1 aliphatic rings. The Labute approximate surface area is 169 Å². The van der Waals surface area contributed by atoms with Crippen molar-refractivity contribution >= 4 is 11.8 Å². The minimum atomic E-state index is -4.47. The summed E-state index contributed by atoms with van der Waals surface area (Å²) in [5.74, 6) is -1.20. The summed E-state index contributed by atoms with van der Waals surface area (Å²) in [5, 5.41) is 2.72. The highest BCUT2D eigenvalue weighted by Gasteiger charge is 2.40. The molecule has 0 aromatic heterocycles. The van der Waals surface area contributed by atoms with Gasteiger partial charge in [0.2, 0.25) is 11.8 Å². The molecule has 0 radical (unpaired) electrons. The summed E-state index contributed by atoms with van der Waals surface area (Å²) in [5.41, 5.74) is 0.775. The van der Waals surface area contributed by atoms with Crippen molar-refractivity contribution in [3.05, 3.63) is 29.8 Å². The molecule has 1 N–H and O–H groups in total. The summed E-state index contributed by atoms with van der Waals surface area (Å²) in [7, 11) is 0. The summed E-state index contributed by atoms with van der Waals surface area (Å²) in [6, 6.07) is 7.29. The van der Waals surface area contributed by atoms with Crippen LogP contribution in [-0.4, -0.2) is 67.1 Å². The Kier molecular flexibility index (Phi) is 8.31. The number of ether oxygens (including phenoxy) is 1. The van der Waals surface area contributed by atoms with Crippen LogP contribution in [0, 0.1) is 5.92 Å². The highest BCUT2D eigenvalue weighted by molar-refractivity contribution is 5.89. The van der Waals surface area contributed by atoms with E-state index in [0.717, 1.165) is 25.2 Å². The minimum absolute atomic E-state index is 0.185. The van der Waals surface area contributed by atoms with E-state index < -0.39 is 30.5 Å². The normalized spacial score (nSPS) is 17.1. The third-order valence-corrected chi connectivity index (χ3v) is 4.94. The smallest absolute Gasteiger partial charge is 0.406 e. The van der Waals surface area contributed by atoms with Gasteiger partial charge in [-0.05, 0) is 19.2 Å². The van der Waals surface area contributed by atoms with E-state index in [-0.39, 0.29) is 19.5 Å². The molecule has 1 aromatic rings. The first-order chi connectivity index (χ1) is 13.7. The van der Waals surface area contributed by atoms with Gasteiger partial charge in [0.1, 0.15) is 18.9 Å². The molecule has 6 nitrogen and oxygen atoms in total. The highest BCUT2D eigenvalue weighted by Crippen LogP contribution is 2.24. The number of amides is 2. The van der Waals surface area contributed by atoms with Gasteiger partial charge in [0.15, 0.2) is 0 Å². The number of benzene rings is 1. The maximum absolute atomic E-state index is 12.5. The quantitative estimate of drug-likeness (QED) is 0.638. The van der Waals surface area contributed by atoms with Crippen LogP contribution >= 0.6 is 0 Å². The first kappa shape index (κ1) is 23.0. The number of carbonyl (C=O) groups is 2. The summed E-state index contributed by atoms with van der Waals surface area (Å²) in [4.78, 5) is 27.0. The van der Waals surface area contributed by atoms with Gasteiger partial charge in [-0.3, -0.25) is 9.59 Å². The van der Waals surface area contributed by atoms with Crippen LogP contribution in [-0.2, 0) is 16.1 Å². The molecule has 1 aliphatic heterocycles. The molecule has 0 spiro atoms. The molecule has 0 bridgehead atoms. The highest BCUT2D eigenvalue weighted by atomic mass is 19.4. The molecule has 162 valence electrons. The average molecular weight is 415 g/mol. The van der Waals surface area contributed by atoms with Crippen molar-refractivity contribution in [1.82, 2.24) is 15.1 Å². The second kappa shape index (κ2) is 10.5. The van der Waals surface area contributed by atoms with Crippen LogP contribution < -0.4 is 10.1 Å². The van der Waals surface area contributed by atoms with Crippen molar-refractivity contribution in [2.45, 2.75) is 33.0 Å². The van der Waals surface area contributed by atoms with E-state index in [1.54, 1.807) is 0 Å². The summed E-state index contributed by atoms with van der Waals surface area (Å²) < 4.78 is 43.4. The van der Waals surface area contributed by atoms with Crippen molar-refractivity contribution in [2.24, 2.45) is 5.92 Å². The summed E-state index contributed by atoms with van der Waals surface area (Å²) >= 11 is 0. The number of likely N-dealkylation sites (tertiary alicyclic amines) is 1. The molecule has 2 rings (SSSR count). The fourth-order valence-electron chi connectivity index (χ4n) is 3.26. The number of nitrogens with one attached hydrogen (secondary N) is 1. The number of carbonyl (C=O) groups excluding carboxylic acids is 2. The Bertz CT molecular complexity index is 693. The fraction of sp³-hybridized carbons (Fsp3) is 0.600. The maximum Gasteiger partial charge on any atom is 0.406 e. The van der Waals surface area contributed by atoms with Gasteiger partial charge in [-0.25, -0.2) is 0 Å². The van der Waals surface area contributed by atoms with E-state index in [4.69, 9.17) is 4.74 Å². The number of halogens is 3. The molecule has 0 saturated carbocycles. The molecular formula is C20H28F3N3O3. The minimum Gasteiger partial charge on any atom is -0.492 e. The van der Waals surface area contributed by atoms with Crippen LogP contribution in [0.3, 0.4) is 0 Å². The van der Waals surface area contributed by atoms with Gasteiger partial charge >= 0.3 is 6.18 Å². The topological polar surface area (TPSA) is 61.9 Å². The van der Waals surface area contributed by atoms with E-state index in [1.807, 2.05) is 24.3 Å². The third kappa shape index (κ3) is 7.23. The molecule has 1 unspecified atom stereocenters. The number of rotatable bonds is 10. The van der Waals surface area contributed by atoms with Crippen molar-refractivity contribution in [3.63, 3.8) is 0 Å². The lowest BCUT2D eigenvalue weighted by Crippen LogP contribution is -2.37. The van der Waals surface area contributed by atoms with Crippen molar-refractivity contribution in [1.29, 1.82) is 0 Å². The van der Waals surface area contributed by atoms with Gasteiger partial charge in [-0.15, -0.1) is 0 Å². The Morgan fingerprint density at radius 1 is 1.28 bits per heavy atom. The third-order valence-electron chi connectivity index (χ3n) is 4.94. The average Bonchev–Trinajstić information content (AvgIpc) is 3.03. The van der Waals surface area contributed by atoms with E-state index in [2.05, 4.69) is 24.1 Å². The Balaban J connectivity index is 1.87. The van der Waals surface area contributed by atoms with Gasteiger partial charge < -0.3 is 19.9 Å². The predicted molar refractivity (Wildman–Crippen MR) is 102 cm³/mol. The van der Waals surface area contributed by atoms with Crippen LogP contribution in [0.2, 0.25) is 0 Å². The number of likely N-dealkylation sites (N-methyl/N-ethyl adjacent to an activating group) is 1. The van der Waals surface area contributed by atoms with Crippen molar-refractivity contribution < 1.29 is 27.5 Å². The zero-order valence-corrected chi connectivity index (χ0v) is 16.8. The largest absolute Gasteiger partial charge is 0.492 e. The lowest BCUT2D eigenvalue weighted by atomic mass is 10.1. The molecule has 1 aromatic carbocycles. The number of nitrogens with zero attached hydrogens (tertiary/aromatic N) is 2. The van der Waals surface area contributed by atoms with Gasteiger partial charge in [-0.2, -0.15) is 13.2 Å². The molecule has 9 heteroatoms. The molecule has 1 atom stereocenters. The van der Waals surface area contributed by atoms with Crippen molar-refractivity contribution in [2.75, 3.05) is 39.3 Å². The molecule has 0 aliphatic carbocycles. The molecule has 1 saturated heterocycles. The number of hydrogen-bond donors (Lipinski definition) is 1. The van der Waals surface area contributed by atoms with E-state index >= 15 is 0 Å². The van der Waals surface area contributed by atoms with Gasteiger partial charge in [-0.1, -0.05) is 32.0 Å².